The van der Waals surface area contributed by atoms with Gasteiger partial charge in [-0.05, 0) is 31.2 Å². The zero-order chi connectivity index (χ0) is 25.5. The van der Waals surface area contributed by atoms with E-state index in [9.17, 15) is 9.59 Å². The van der Waals surface area contributed by atoms with Crippen molar-refractivity contribution in [2.75, 3.05) is 20.8 Å². The molecule has 9 nitrogen and oxygen atoms in total. The summed E-state index contributed by atoms with van der Waals surface area (Å²) in [6.45, 7) is 5.48. The lowest BCUT2D eigenvalue weighted by Gasteiger charge is -2.26. The fraction of sp³-hybridized carbons (Fsp3) is 0.400. The van der Waals surface area contributed by atoms with Crippen LogP contribution in [0.15, 0.2) is 41.4 Å². The van der Waals surface area contributed by atoms with Gasteiger partial charge >= 0.3 is 5.97 Å². The van der Waals surface area contributed by atoms with Crippen molar-refractivity contribution >= 4 is 35.0 Å². The molecule has 1 aliphatic heterocycles. The van der Waals surface area contributed by atoms with Crippen LogP contribution in [0.4, 0.5) is 5.69 Å². The lowest BCUT2D eigenvalue weighted by Crippen LogP contribution is -2.49. The fourth-order valence-corrected chi connectivity index (χ4v) is 3.78. The molecule has 3 rings (SSSR count). The standard InChI is InChI=1S/C25H30ClN3O6/c1-6-34-21(30)13-20-24(28-29-25(31)14(2)3)27-18-11-10-15(26)12-17(18)22(35-20)16-8-7-9-19(32-4)23(16)33-5/h7-12,14,20,22H,6,13H2,1-5H3,(H,27,28)(H,29,31)/t20-,22-/m0/s1. The fourth-order valence-electron chi connectivity index (χ4n) is 3.59. The molecule has 1 aliphatic rings. The molecule has 0 radical (unpaired) electrons. The summed E-state index contributed by atoms with van der Waals surface area (Å²) in [5.41, 5.74) is 7.35. The van der Waals surface area contributed by atoms with Crippen LogP contribution >= 0.6 is 11.6 Å². The third-order valence-corrected chi connectivity index (χ3v) is 5.56. The van der Waals surface area contributed by atoms with Crippen molar-refractivity contribution < 1.29 is 28.5 Å². The maximum atomic E-state index is 12.5. The summed E-state index contributed by atoms with van der Waals surface area (Å²) >= 11 is 6.34. The molecule has 0 aromatic heterocycles. The van der Waals surface area contributed by atoms with E-state index in [1.54, 1.807) is 52.1 Å². The van der Waals surface area contributed by atoms with Crippen LogP contribution in [0.1, 0.15) is 44.4 Å². The van der Waals surface area contributed by atoms with Gasteiger partial charge in [0.05, 0.1) is 32.9 Å². The van der Waals surface area contributed by atoms with E-state index in [1.807, 2.05) is 12.1 Å². The number of halogens is 1. The normalized spacial score (nSPS) is 17.1. The zero-order valence-electron chi connectivity index (χ0n) is 20.4. The van der Waals surface area contributed by atoms with Crippen LogP contribution in [0.5, 0.6) is 11.5 Å². The first kappa shape index (κ1) is 26.3. The predicted octanol–water partition coefficient (Wildman–Crippen LogP) is 4.11. The molecule has 0 saturated heterocycles. The van der Waals surface area contributed by atoms with E-state index in [1.165, 1.54) is 7.11 Å². The molecule has 0 fully saturated rings. The Balaban J connectivity index is 2.12. The van der Waals surface area contributed by atoms with E-state index in [-0.39, 0.29) is 30.7 Å². The molecule has 188 valence electrons. The third-order valence-electron chi connectivity index (χ3n) is 5.33. The van der Waals surface area contributed by atoms with Gasteiger partial charge in [0.2, 0.25) is 5.91 Å². The zero-order valence-corrected chi connectivity index (χ0v) is 21.1. The number of aliphatic imine (C=N–C) groups is 1. The minimum Gasteiger partial charge on any atom is -0.493 e. The van der Waals surface area contributed by atoms with Crippen molar-refractivity contribution in [3.05, 3.63) is 52.5 Å². The minimum absolute atomic E-state index is 0.137. The van der Waals surface area contributed by atoms with Gasteiger partial charge < -0.3 is 18.9 Å². The highest BCUT2D eigenvalue weighted by Gasteiger charge is 2.34. The lowest BCUT2D eigenvalue weighted by atomic mass is 9.98. The Labute approximate surface area is 209 Å². The first-order chi connectivity index (χ1) is 16.8. The number of esters is 1. The number of hydrogen-bond acceptors (Lipinski definition) is 8. The number of carbonyl (C=O) groups excluding carboxylic acids is 2. The summed E-state index contributed by atoms with van der Waals surface area (Å²) in [7, 11) is 3.09. The molecule has 2 N–H and O–H groups in total. The first-order valence-corrected chi connectivity index (χ1v) is 11.6. The molecule has 0 spiro atoms. The number of nitrogens with zero attached hydrogens (tertiary/aromatic N) is 1. The summed E-state index contributed by atoms with van der Waals surface area (Å²) in [4.78, 5) is 29.4. The maximum Gasteiger partial charge on any atom is 0.308 e. The molecule has 2 aromatic carbocycles. The highest BCUT2D eigenvalue weighted by Crippen LogP contribution is 2.44. The summed E-state index contributed by atoms with van der Waals surface area (Å²) < 4.78 is 22.8. The number of carbonyl (C=O) groups is 2. The monoisotopic (exact) mass is 503 g/mol. The molecule has 0 bridgehead atoms. The van der Waals surface area contributed by atoms with E-state index in [2.05, 4.69) is 10.9 Å². The Morgan fingerprint density at radius 3 is 2.57 bits per heavy atom. The van der Waals surface area contributed by atoms with Gasteiger partial charge in [-0.1, -0.05) is 37.6 Å². The molecule has 1 amide bonds. The van der Waals surface area contributed by atoms with Gasteiger partial charge in [-0.15, -0.1) is 0 Å². The lowest BCUT2D eigenvalue weighted by molar-refractivity contribution is -0.145. The van der Waals surface area contributed by atoms with E-state index in [0.29, 0.717) is 33.3 Å². The molecule has 2 atom stereocenters. The van der Waals surface area contributed by atoms with Gasteiger partial charge in [0, 0.05) is 22.1 Å². The molecule has 35 heavy (non-hydrogen) atoms. The quantitative estimate of drug-likeness (QED) is 0.432. The average Bonchev–Trinajstić information content (AvgIpc) is 2.98. The van der Waals surface area contributed by atoms with Crippen molar-refractivity contribution in [3.63, 3.8) is 0 Å². The number of ether oxygens (including phenoxy) is 4. The SMILES string of the molecule is CCOC(=O)C[C@@H]1O[C@@H](c2cccc(OC)c2OC)c2cc(Cl)ccc2N=C1NNC(=O)C(C)C. The van der Waals surface area contributed by atoms with Crippen LogP contribution in [0.2, 0.25) is 5.02 Å². The van der Waals surface area contributed by atoms with E-state index < -0.39 is 18.2 Å². The molecule has 2 aromatic rings. The summed E-state index contributed by atoms with van der Waals surface area (Å²) in [6, 6.07) is 10.6. The molecular weight excluding hydrogens is 474 g/mol. The minimum atomic E-state index is -0.881. The predicted molar refractivity (Wildman–Crippen MR) is 132 cm³/mol. The van der Waals surface area contributed by atoms with Crippen molar-refractivity contribution in [1.29, 1.82) is 0 Å². The van der Waals surface area contributed by atoms with E-state index in [0.717, 1.165) is 0 Å². The van der Waals surface area contributed by atoms with Crippen LogP contribution in [0.25, 0.3) is 0 Å². The molecule has 0 aliphatic carbocycles. The van der Waals surface area contributed by atoms with E-state index >= 15 is 0 Å². The number of rotatable bonds is 7. The topological polar surface area (TPSA) is 107 Å². The second kappa shape index (κ2) is 11.9. The van der Waals surface area contributed by atoms with Crippen LogP contribution in [-0.2, 0) is 19.1 Å². The molecule has 0 unspecified atom stereocenters. The number of hydrogen-bond donors (Lipinski definition) is 2. The molecule has 10 heteroatoms. The highest BCUT2D eigenvalue weighted by atomic mass is 35.5. The third kappa shape index (κ3) is 6.23. The highest BCUT2D eigenvalue weighted by molar-refractivity contribution is 6.30. The molecular formula is C25H30ClN3O6. The van der Waals surface area contributed by atoms with Crippen molar-refractivity contribution in [1.82, 2.24) is 10.9 Å². The van der Waals surface area contributed by atoms with Gasteiger partial charge in [0.1, 0.15) is 12.2 Å². The van der Waals surface area contributed by atoms with Gasteiger partial charge in [0.15, 0.2) is 17.3 Å². The number of nitrogens with one attached hydrogen (secondary N) is 2. The smallest absolute Gasteiger partial charge is 0.308 e. The Morgan fingerprint density at radius 1 is 1.14 bits per heavy atom. The Kier molecular flexibility index (Phi) is 8.95. The molecule has 1 heterocycles. The van der Waals surface area contributed by atoms with Crippen LogP contribution < -0.4 is 20.3 Å². The summed E-state index contributed by atoms with van der Waals surface area (Å²) in [6.07, 6.45) is -1.74. The number of hydrazine groups is 1. The Bertz CT molecular complexity index is 1100. The van der Waals surface area contributed by atoms with Crippen LogP contribution in [-0.4, -0.2) is 44.6 Å². The number of amidine groups is 1. The summed E-state index contributed by atoms with van der Waals surface area (Å²) in [5, 5.41) is 0.487. The Morgan fingerprint density at radius 2 is 1.91 bits per heavy atom. The second-order valence-corrected chi connectivity index (χ2v) is 8.50. The second-order valence-electron chi connectivity index (χ2n) is 8.07. The van der Waals surface area contributed by atoms with Gasteiger partial charge in [0.25, 0.3) is 0 Å². The van der Waals surface area contributed by atoms with E-state index in [4.69, 9.17) is 35.5 Å². The van der Waals surface area contributed by atoms with Gasteiger partial charge in [-0.25, -0.2) is 4.99 Å². The average molecular weight is 504 g/mol. The number of methoxy groups -OCH3 is 2. The maximum absolute atomic E-state index is 12.5. The van der Waals surface area contributed by atoms with Gasteiger partial charge in [-0.3, -0.25) is 20.4 Å². The first-order valence-electron chi connectivity index (χ1n) is 11.2. The number of fused-ring (bicyclic) bond motifs is 1. The van der Waals surface area contributed by atoms with Gasteiger partial charge in [-0.2, -0.15) is 0 Å². The number of amides is 1. The van der Waals surface area contributed by atoms with Crippen molar-refractivity contribution in [3.8, 4) is 11.5 Å². The molecule has 0 saturated carbocycles. The van der Waals surface area contributed by atoms with Crippen molar-refractivity contribution in [2.45, 2.75) is 39.4 Å². The largest absolute Gasteiger partial charge is 0.493 e. The van der Waals surface area contributed by atoms with Crippen molar-refractivity contribution in [2.24, 2.45) is 10.9 Å². The van der Waals surface area contributed by atoms with Crippen LogP contribution in [0.3, 0.4) is 0 Å². The number of para-hydroxylation sites is 1. The number of benzene rings is 2. The Hall–Kier alpha value is -3.30. The summed E-state index contributed by atoms with van der Waals surface area (Å²) in [5.74, 6) is 0.270. The van der Waals surface area contributed by atoms with Crippen LogP contribution in [0, 0.1) is 5.92 Å².